The molecule has 0 aromatic rings. The molecule has 0 saturated carbocycles. The number of nitrogens with one attached hydrogen (secondary N) is 3. The van der Waals surface area contributed by atoms with Gasteiger partial charge in [-0.1, -0.05) is 13.8 Å². The summed E-state index contributed by atoms with van der Waals surface area (Å²) in [6, 6.07) is -6.03. The van der Waals surface area contributed by atoms with Gasteiger partial charge in [-0.2, -0.15) is 0 Å². The highest BCUT2D eigenvalue weighted by atomic mass is 16.4. The van der Waals surface area contributed by atoms with Crippen molar-refractivity contribution in [2.24, 2.45) is 11.7 Å². The van der Waals surface area contributed by atoms with Crippen LogP contribution in [-0.2, 0) is 24.0 Å². The molecule has 9 N–H and O–H groups in total. The van der Waals surface area contributed by atoms with Gasteiger partial charge >= 0.3 is 11.9 Å². The Morgan fingerprint density at radius 2 is 1.27 bits per heavy atom. The van der Waals surface area contributed by atoms with E-state index in [2.05, 4.69) is 16.0 Å². The molecule has 0 saturated heterocycles. The molecule has 6 atom stereocenters. The molecule has 0 aliphatic carbocycles. The van der Waals surface area contributed by atoms with Gasteiger partial charge in [-0.05, 0) is 19.8 Å². The number of amides is 3. The van der Waals surface area contributed by atoms with E-state index in [0.29, 0.717) is 0 Å². The summed E-state index contributed by atoms with van der Waals surface area (Å²) in [7, 11) is 0. The maximum Gasteiger partial charge on any atom is 0.326 e. The summed E-state index contributed by atoms with van der Waals surface area (Å²) in [4.78, 5) is 59.1. The first-order chi connectivity index (χ1) is 13.7. The van der Waals surface area contributed by atoms with Crippen molar-refractivity contribution < 1.29 is 44.4 Å². The maximum absolute atomic E-state index is 12.5. The Labute approximate surface area is 173 Å². The molecule has 0 heterocycles. The second-order valence-electron chi connectivity index (χ2n) is 7.22. The van der Waals surface area contributed by atoms with E-state index in [1.54, 1.807) is 13.8 Å². The lowest BCUT2D eigenvalue weighted by molar-refractivity contribution is -0.145. The number of rotatable bonds is 12. The minimum atomic E-state index is -1.67. The first-order valence-corrected chi connectivity index (χ1v) is 9.16. The number of carboxylic acids is 2. The molecular weight excluding hydrogens is 404 g/mol. The van der Waals surface area contributed by atoms with Crippen molar-refractivity contribution in [2.45, 2.75) is 70.5 Å². The summed E-state index contributed by atoms with van der Waals surface area (Å²) in [6.07, 6.45) is -3.63. The zero-order valence-electron chi connectivity index (χ0n) is 17.2. The van der Waals surface area contributed by atoms with Crippen LogP contribution in [0.4, 0.5) is 0 Å². The molecule has 0 aliphatic heterocycles. The highest BCUT2D eigenvalue weighted by Crippen LogP contribution is 2.05. The Morgan fingerprint density at radius 3 is 1.63 bits per heavy atom. The largest absolute Gasteiger partial charge is 0.481 e. The van der Waals surface area contributed by atoms with Crippen molar-refractivity contribution in [3.05, 3.63) is 0 Å². The number of carbonyl (C=O) groups excluding carboxylic acids is 3. The molecule has 13 nitrogen and oxygen atoms in total. The smallest absolute Gasteiger partial charge is 0.326 e. The van der Waals surface area contributed by atoms with Crippen molar-refractivity contribution in [3.8, 4) is 0 Å². The van der Waals surface area contributed by atoms with E-state index in [9.17, 15) is 34.2 Å². The third kappa shape index (κ3) is 8.71. The van der Waals surface area contributed by atoms with E-state index in [1.165, 1.54) is 6.92 Å². The van der Waals surface area contributed by atoms with E-state index in [0.717, 1.165) is 6.92 Å². The molecule has 0 bridgehead atoms. The van der Waals surface area contributed by atoms with Gasteiger partial charge in [-0.25, -0.2) is 4.79 Å². The topological polar surface area (TPSA) is 228 Å². The molecule has 3 amide bonds. The average Bonchev–Trinajstić information content (AvgIpc) is 2.60. The fraction of sp³-hybridized carbons (Fsp3) is 0.706. The predicted molar refractivity (Wildman–Crippen MR) is 102 cm³/mol. The quantitative estimate of drug-likeness (QED) is 0.153. The lowest BCUT2D eigenvalue weighted by Gasteiger charge is -2.27. The SMILES string of the molecule is CC(C)C(NC(=O)C(NC(=O)C(CC(=O)O)NC(=O)C(N)C(C)O)C(C)O)C(=O)O. The predicted octanol–water partition coefficient (Wildman–Crippen LogP) is -3.25. The Hall–Kier alpha value is -2.77. The molecule has 0 fully saturated rings. The van der Waals surface area contributed by atoms with Crippen LogP contribution in [-0.4, -0.2) is 86.5 Å². The molecule has 0 aromatic carbocycles. The normalized spacial score (nSPS) is 17.1. The number of aliphatic hydroxyl groups excluding tert-OH is 2. The number of aliphatic carboxylic acids is 2. The van der Waals surface area contributed by atoms with Gasteiger partial charge < -0.3 is 42.1 Å². The first kappa shape index (κ1) is 27.2. The van der Waals surface area contributed by atoms with E-state index in [4.69, 9.17) is 15.9 Å². The van der Waals surface area contributed by atoms with Crippen LogP contribution in [0.1, 0.15) is 34.1 Å². The van der Waals surface area contributed by atoms with Gasteiger partial charge in [0.15, 0.2) is 0 Å². The maximum atomic E-state index is 12.5. The van der Waals surface area contributed by atoms with Crippen molar-refractivity contribution in [1.29, 1.82) is 0 Å². The zero-order chi connectivity index (χ0) is 23.8. The van der Waals surface area contributed by atoms with Gasteiger partial charge in [0.2, 0.25) is 17.7 Å². The number of aliphatic hydroxyl groups is 2. The van der Waals surface area contributed by atoms with Gasteiger partial charge in [0.1, 0.15) is 24.2 Å². The summed E-state index contributed by atoms with van der Waals surface area (Å²) < 4.78 is 0. The second kappa shape index (κ2) is 12.0. The summed E-state index contributed by atoms with van der Waals surface area (Å²) in [6.45, 7) is 5.46. The van der Waals surface area contributed by atoms with Crippen LogP contribution >= 0.6 is 0 Å². The summed E-state index contributed by atoms with van der Waals surface area (Å²) in [5.74, 6) is -6.42. The summed E-state index contributed by atoms with van der Waals surface area (Å²) >= 11 is 0. The van der Waals surface area contributed by atoms with Crippen molar-refractivity contribution >= 4 is 29.7 Å². The minimum absolute atomic E-state index is 0.502. The standard InChI is InChI=1S/C17H30N4O9/c1-6(2)12(17(29)30)20-16(28)13(8(4)23)21-14(26)9(5-10(24)25)19-15(27)11(18)7(3)22/h6-9,11-13,22-23H,5,18H2,1-4H3,(H,19,27)(H,20,28)(H,21,26)(H,24,25)(H,29,30). The number of carboxylic acid groups (broad SMARTS) is 2. The van der Waals surface area contributed by atoms with Crippen LogP contribution in [0.2, 0.25) is 0 Å². The third-order valence-corrected chi connectivity index (χ3v) is 4.13. The Balaban J connectivity index is 5.46. The Bertz CT molecular complexity index is 651. The molecule has 0 aliphatic rings. The molecule has 0 rings (SSSR count). The van der Waals surface area contributed by atoms with Crippen LogP contribution in [0.3, 0.4) is 0 Å². The molecule has 0 aromatic heterocycles. The molecule has 0 radical (unpaired) electrons. The second-order valence-corrected chi connectivity index (χ2v) is 7.22. The van der Waals surface area contributed by atoms with Gasteiger partial charge in [0.25, 0.3) is 0 Å². The molecular formula is C17H30N4O9. The van der Waals surface area contributed by atoms with Gasteiger partial charge in [-0.3, -0.25) is 19.2 Å². The van der Waals surface area contributed by atoms with Crippen molar-refractivity contribution in [1.82, 2.24) is 16.0 Å². The minimum Gasteiger partial charge on any atom is -0.481 e. The van der Waals surface area contributed by atoms with E-state index in [-0.39, 0.29) is 0 Å². The van der Waals surface area contributed by atoms with Gasteiger partial charge in [0.05, 0.1) is 18.6 Å². The fourth-order valence-electron chi connectivity index (χ4n) is 2.29. The highest BCUT2D eigenvalue weighted by molar-refractivity contribution is 5.96. The van der Waals surface area contributed by atoms with E-state index < -0.39 is 78.4 Å². The molecule has 6 unspecified atom stereocenters. The molecule has 30 heavy (non-hydrogen) atoms. The number of carbonyl (C=O) groups is 5. The fourth-order valence-corrected chi connectivity index (χ4v) is 2.29. The lowest BCUT2D eigenvalue weighted by atomic mass is 10.0. The zero-order valence-corrected chi connectivity index (χ0v) is 17.2. The van der Waals surface area contributed by atoms with Crippen LogP contribution in [0.15, 0.2) is 0 Å². The highest BCUT2D eigenvalue weighted by Gasteiger charge is 2.34. The van der Waals surface area contributed by atoms with Gasteiger partial charge in [-0.15, -0.1) is 0 Å². The lowest BCUT2D eigenvalue weighted by Crippen LogP contribution is -2.61. The van der Waals surface area contributed by atoms with E-state index in [1.807, 2.05) is 0 Å². The van der Waals surface area contributed by atoms with Crippen LogP contribution < -0.4 is 21.7 Å². The molecule has 172 valence electrons. The van der Waals surface area contributed by atoms with Crippen LogP contribution in [0.25, 0.3) is 0 Å². The monoisotopic (exact) mass is 434 g/mol. The molecule has 13 heteroatoms. The first-order valence-electron chi connectivity index (χ1n) is 9.16. The van der Waals surface area contributed by atoms with Gasteiger partial charge in [0, 0.05) is 0 Å². The van der Waals surface area contributed by atoms with Crippen molar-refractivity contribution in [2.75, 3.05) is 0 Å². The Kier molecular flexibility index (Phi) is 10.9. The summed E-state index contributed by atoms with van der Waals surface area (Å²) in [5, 5.41) is 43.7. The molecule has 0 spiro atoms. The third-order valence-electron chi connectivity index (χ3n) is 4.13. The van der Waals surface area contributed by atoms with Crippen LogP contribution in [0.5, 0.6) is 0 Å². The van der Waals surface area contributed by atoms with E-state index >= 15 is 0 Å². The average molecular weight is 434 g/mol. The Morgan fingerprint density at radius 1 is 0.767 bits per heavy atom. The number of hydrogen-bond donors (Lipinski definition) is 8. The van der Waals surface area contributed by atoms with Crippen LogP contribution in [0, 0.1) is 5.92 Å². The summed E-state index contributed by atoms with van der Waals surface area (Å²) in [5.41, 5.74) is 5.45. The van der Waals surface area contributed by atoms with Crippen molar-refractivity contribution in [3.63, 3.8) is 0 Å². The number of hydrogen-bond acceptors (Lipinski definition) is 8. The number of nitrogens with two attached hydrogens (primary N) is 1.